The van der Waals surface area contributed by atoms with Crippen LogP contribution >= 0.6 is 0 Å². The van der Waals surface area contributed by atoms with Gasteiger partial charge in [0.1, 0.15) is 5.82 Å². The predicted molar refractivity (Wildman–Crippen MR) is 80.6 cm³/mol. The van der Waals surface area contributed by atoms with E-state index in [-0.39, 0.29) is 10.6 Å². The summed E-state index contributed by atoms with van der Waals surface area (Å²) in [5.74, 6) is -0.582. The van der Waals surface area contributed by atoms with E-state index in [1.54, 1.807) is 25.1 Å². The number of rotatable bonds is 3. The SMILES string of the molecule is Cc1ccc(NS(=O)(=O)c2ccc3c(c2)CCN3)c(F)c1. The average molecular weight is 306 g/mol. The third kappa shape index (κ3) is 2.71. The second kappa shape index (κ2) is 5.04. The van der Waals surface area contributed by atoms with Crippen molar-refractivity contribution in [3.05, 3.63) is 53.3 Å². The van der Waals surface area contributed by atoms with E-state index in [2.05, 4.69) is 10.0 Å². The highest BCUT2D eigenvalue weighted by Gasteiger charge is 2.19. The quantitative estimate of drug-likeness (QED) is 0.916. The molecular weight excluding hydrogens is 291 g/mol. The molecule has 2 aromatic rings. The zero-order valence-electron chi connectivity index (χ0n) is 11.5. The van der Waals surface area contributed by atoms with Crippen molar-refractivity contribution >= 4 is 21.4 Å². The van der Waals surface area contributed by atoms with Gasteiger partial charge < -0.3 is 5.32 Å². The molecule has 2 N–H and O–H groups in total. The summed E-state index contributed by atoms with van der Waals surface area (Å²) in [5, 5.41) is 3.17. The van der Waals surface area contributed by atoms with Crippen LogP contribution in [0.2, 0.25) is 0 Å². The van der Waals surface area contributed by atoms with Crippen molar-refractivity contribution in [3.8, 4) is 0 Å². The lowest BCUT2D eigenvalue weighted by molar-refractivity contribution is 0.598. The minimum Gasteiger partial charge on any atom is -0.384 e. The van der Waals surface area contributed by atoms with Crippen LogP contribution in [-0.2, 0) is 16.4 Å². The molecule has 0 saturated heterocycles. The number of hydrogen-bond acceptors (Lipinski definition) is 3. The molecule has 0 fully saturated rings. The zero-order chi connectivity index (χ0) is 15.0. The van der Waals surface area contributed by atoms with E-state index in [1.165, 1.54) is 18.2 Å². The Hall–Kier alpha value is -2.08. The molecule has 0 saturated carbocycles. The first-order valence-electron chi connectivity index (χ1n) is 6.61. The first kappa shape index (κ1) is 13.9. The van der Waals surface area contributed by atoms with E-state index in [4.69, 9.17) is 0 Å². The molecular formula is C15H15FN2O2S. The summed E-state index contributed by atoms with van der Waals surface area (Å²) < 4.78 is 40.8. The van der Waals surface area contributed by atoms with Crippen LogP contribution in [0.5, 0.6) is 0 Å². The molecule has 1 aliphatic rings. The summed E-state index contributed by atoms with van der Waals surface area (Å²) in [7, 11) is -3.79. The van der Waals surface area contributed by atoms with Crippen LogP contribution in [0.25, 0.3) is 0 Å². The van der Waals surface area contributed by atoms with E-state index in [9.17, 15) is 12.8 Å². The van der Waals surface area contributed by atoms with Gasteiger partial charge in [-0.05, 0) is 54.8 Å². The number of anilines is 2. The van der Waals surface area contributed by atoms with Crippen molar-refractivity contribution in [2.75, 3.05) is 16.6 Å². The van der Waals surface area contributed by atoms with E-state index in [0.29, 0.717) is 0 Å². The first-order valence-corrected chi connectivity index (χ1v) is 8.10. The molecule has 4 nitrogen and oxygen atoms in total. The molecule has 0 radical (unpaired) electrons. The zero-order valence-corrected chi connectivity index (χ0v) is 12.3. The molecule has 6 heteroatoms. The number of sulfonamides is 1. The van der Waals surface area contributed by atoms with Crippen LogP contribution < -0.4 is 10.0 Å². The van der Waals surface area contributed by atoms with Gasteiger partial charge in [-0.2, -0.15) is 0 Å². The summed E-state index contributed by atoms with van der Waals surface area (Å²) in [6.07, 6.45) is 0.789. The normalized spacial score (nSPS) is 13.6. The summed E-state index contributed by atoms with van der Waals surface area (Å²) in [6, 6.07) is 9.27. The van der Waals surface area contributed by atoms with Gasteiger partial charge in [-0.3, -0.25) is 4.72 Å². The highest BCUT2D eigenvalue weighted by Crippen LogP contribution is 2.26. The maximum atomic E-state index is 13.8. The Balaban J connectivity index is 1.93. The van der Waals surface area contributed by atoms with Gasteiger partial charge in [0, 0.05) is 12.2 Å². The van der Waals surface area contributed by atoms with Crippen molar-refractivity contribution in [3.63, 3.8) is 0 Å². The number of benzene rings is 2. The molecule has 3 rings (SSSR count). The van der Waals surface area contributed by atoms with Crippen LogP contribution in [0.1, 0.15) is 11.1 Å². The highest BCUT2D eigenvalue weighted by atomic mass is 32.2. The summed E-state index contributed by atoms with van der Waals surface area (Å²) in [5.41, 5.74) is 2.61. The second-order valence-electron chi connectivity index (χ2n) is 5.08. The van der Waals surface area contributed by atoms with Gasteiger partial charge in [-0.15, -0.1) is 0 Å². The lowest BCUT2D eigenvalue weighted by Crippen LogP contribution is -2.14. The van der Waals surface area contributed by atoms with Crippen LogP contribution in [0.3, 0.4) is 0 Å². The Labute approximate surface area is 123 Å². The summed E-state index contributed by atoms with van der Waals surface area (Å²) in [4.78, 5) is 0.143. The second-order valence-corrected chi connectivity index (χ2v) is 6.77. The van der Waals surface area contributed by atoms with Crippen LogP contribution in [-0.4, -0.2) is 15.0 Å². The minimum atomic E-state index is -3.79. The number of aryl methyl sites for hydroxylation is 1. The molecule has 0 aliphatic carbocycles. The number of nitrogens with one attached hydrogen (secondary N) is 2. The third-order valence-electron chi connectivity index (χ3n) is 3.47. The van der Waals surface area contributed by atoms with E-state index in [0.717, 1.165) is 29.8 Å². The van der Waals surface area contributed by atoms with Crippen molar-refractivity contribution < 1.29 is 12.8 Å². The maximum Gasteiger partial charge on any atom is 0.261 e. The Morgan fingerprint density at radius 3 is 2.76 bits per heavy atom. The van der Waals surface area contributed by atoms with E-state index < -0.39 is 15.8 Å². The molecule has 21 heavy (non-hydrogen) atoms. The maximum absolute atomic E-state index is 13.8. The Morgan fingerprint density at radius 2 is 2.00 bits per heavy atom. The van der Waals surface area contributed by atoms with Gasteiger partial charge in [-0.1, -0.05) is 6.07 Å². The molecule has 1 aliphatic heterocycles. The lowest BCUT2D eigenvalue weighted by Gasteiger charge is -2.10. The van der Waals surface area contributed by atoms with Crippen LogP contribution in [0, 0.1) is 12.7 Å². The Morgan fingerprint density at radius 1 is 1.19 bits per heavy atom. The smallest absolute Gasteiger partial charge is 0.261 e. The van der Waals surface area contributed by atoms with Crippen LogP contribution in [0.4, 0.5) is 15.8 Å². The molecule has 0 unspecified atom stereocenters. The molecule has 1 heterocycles. The first-order chi connectivity index (χ1) is 9.95. The fourth-order valence-electron chi connectivity index (χ4n) is 2.35. The summed E-state index contributed by atoms with van der Waals surface area (Å²) in [6.45, 7) is 2.55. The Bertz CT molecular complexity index is 803. The predicted octanol–water partition coefficient (Wildman–Crippen LogP) is 2.90. The van der Waals surface area contributed by atoms with E-state index in [1.807, 2.05) is 0 Å². The van der Waals surface area contributed by atoms with Gasteiger partial charge in [0.15, 0.2) is 0 Å². The van der Waals surface area contributed by atoms with Gasteiger partial charge >= 0.3 is 0 Å². The van der Waals surface area contributed by atoms with Gasteiger partial charge in [-0.25, -0.2) is 12.8 Å². The molecule has 0 spiro atoms. The van der Waals surface area contributed by atoms with Crippen LogP contribution in [0.15, 0.2) is 41.3 Å². The standard InChI is InChI=1S/C15H15FN2O2S/c1-10-2-4-15(13(16)8-10)18-21(19,20)12-3-5-14-11(9-12)6-7-17-14/h2-5,8-9,17-18H,6-7H2,1H3. The van der Waals surface area contributed by atoms with E-state index >= 15 is 0 Å². The Kier molecular flexibility index (Phi) is 3.33. The van der Waals surface area contributed by atoms with Gasteiger partial charge in [0.2, 0.25) is 0 Å². The lowest BCUT2D eigenvalue weighted by atomic mass is 10.2. The average Bonchev–Trinajstić information content (AvgIpc) is 2.89. The van der Waals surface area contributed by atoms with Crippen molar-refractivity contribution in [2.45, 2.75) is 18.2 Å². The topological polar surface area (TPSA) is 58.2 Å². The molecule has 0 bridgehead atoms. The molecule has 110 valence electrons. The molecule has 0 atom stereocenters. The monoisotopic (exact) mass is 306 g/mol. The largest absolute Gasteiger partial charge is 0.384 e. The highest BCUT2D eigenvalue weighted by molar-refractivity contribution is 7.92. The minimum absolute atomic E-state index is 0.0424. The molecule has 0 aromatic heterocycles. The fourth-order valence-corrected chi connectivity index (χ4v) is 3.47. The molecule has 0 amide bonds. The van der Waals surface area contributed by atoms with Crippen molar-refractivity contribution in [1.82, 2.24) is 0 Å². The number of fused-ring (bicyclic) bond motifs is 1. The number of halogens is 1. The number of hydrogen-bond donors (Lipinski definition) is 2. The summed E-state index contributed by atoms with van der Waals surface area (Å²) >= 11 is 0. The van der Waals surface area contributed by atoms with Crippen molar-refractivity contribution in [1.29, 1.82) is 0 Å². The fraction of sp³-hybridized carbons (Fsp3) is 0.200. The van der Waals surface area contributed by atoms with Crippen molar-refractivity contribution in [2.24, 2.45) is 0 Å². The van der Waals surface area contributed by atoms with Gasteiger partial charge in [0.05, 0.1) is 10.6 Å². The van der Waals surface area contributed by atoms with Gasteiger partial charge in [0.25, 0.3) is 10.0 Å². The molecule has 2 aromatic carbocycles. The third-order valence-corrected chi connectivity index (χ3v) is 4.83.